The van der Waals surface area contributed by atoms with E-state index in [2.05, 4.69) is 9.97 Å². The Morgan fingerprint density at radius 2 is 2.03 bits per heavy atom. The minimum atomic E-state index is -1.05. The SMILES string of the molecule is CS(=O)c1ccc(CN2C(=O)C3COCCN3c3nc(-c4cccc5[nH]ccc45)ncc32)cc1. The molecule has 1 fully saturated rings. The number of fused-ring (bicyclic) bond motifs is 4. The fourth-order valence-corrected chi connectivity index (χ4v) is 5.19. The minimum Gasteiger partial charge on any atom is -0.377 e. The highest BCUT2D eigenvalue weighted by Gasteiger charge is 2.41. The number of rotatable bonds is 4. The Bertz CT molecular complexity index is 1420. The van der Waals surface area contributed by atoms with Crippen molar-refractivity contribution in [3.05, 3.63) is 66.5 Å². The Morgan fingerprint density at radius 1 is 1.18 bits per heavy atom. The molecule has 1 saturated heterocycles. The van der Waals surface area contributed by atoms with E-state index in [0.717, 1.165) is 32.7 Å². The third-order valence-corrected chi connectivity index (χ3v) is 7.36. The van der Waals surface area contributed by atoms with Crippen molar-refractivity contribution in [2.75, 3.05) is 35.8 Å². The lowest BCUT2D eigenvalue weighted by atomic mass is 10.1. The predicted octanol–water partition coefficient (Wildman–Crippen LogP) is 3.11. The first-order chi connectivity index (χ1) is 16.6. The van der Waals surface area contributed by atoms with Gasteiger partial charge in [-0.25, -0.2) is 9.97 Å². The van der Waals surface area contributed by atoms with Gasteiger partial charge in [0.1, 0.15) is 11.7 Å². The average molecular weight is 474 g/mol. The number of hydrogen-bond donors (Lipinski definition) is 1. The molecule has 8 nitrogen and oxygen atoms in total. The number of amides is 1. The van der Waals surface area contributed by atoms with Crippen molar-refractivity contribution >= 4 is 39.1 Å². The number of carbonyl (C=O) groups excluding carboxylic acids is 1. The summed E-state index contributed by atoms with van der Waals surface area (Å²) >= 11 is 0. The predicted molar refractivity (Wildman–Crippen MR) is 131 cm³/mol. The van der Waals surface area contributed by atoms with Crippen LogP contribution < -0.4 is 9.80 Å². The van der Waals surface area contributed by atoms with E-state index in [1.165, 1.54) is 0 Å². The number of hydrogen-bond acceptors (Lipinski definition) is 6. The molecule has 0 aliphatic carbocycles. The van der Waals surface area contributed by atoms with Gasteiger partial charge in [0.15, 0.2) is 11.6 Å². The number of aromatic nitrogens is 3. The van der Waals surface area contributed by atoms with Crippen LogP contribution >= 0.6 is 0 Å². The highest BCUT2D eigenvalue weighted by atomic mass is 32.2. The zero-order chi connectivity index (χ0) is 23.2. The van der Waals surface area contributed by atoms with E-state index >= 15 is 0 Å². The van der Waals surface area contributed by atoms with Gasteiger partial charge in [-0.2, -0.15) is 0 Å². The van der Waals surface area contributed by atoms with E-state index in [1.54, 1.807) is 17.4 Å². The van der Waals surface area contributed by atoms with Gasteiger partial charge in [0.25, 0.3) is 5.91 Å². The average Bonchev–Trinajstić information content (AvgIpc) is 3.36. The summed E-state index contributed by atoms with van der Waals surface area (Å²) in [5.74, 6) is 1.34. The Labute approximate surface area is 199 Å². The minimum absolute atomic E-state index is 0.0283. The number of nitrogens with one attached hydrogen (secondary N) is 1. The van der Waals surface area contributed by atoms with E-state index in [9.17, 15) is 9.00 Å². The second-order valence-electron chi connectivity index (χ2n) is 8.45. The summed E-state index contributed by atoms with van der Waals surface area (Å²) < 4.78 is 17.4. The summed E-state index contributed by atoms with van der Waals surface area (Å²) in [4.78, 5) is 30.9. The largest absolute Gasteiger partial charge is 0.377 e. The van der Waals surface area contributed by atoms with Gasteiger partial charge in [-0.3, -0.25) is 9.00 Å². The number of morpholine rings is 1. The van der Waals surface area contributed by atoms with E-state index in [0.29, 0.717) is 37.8 Å². The summed E-state index contributed by atoms with van der Waals surface area (Å²) in [7, 11) is -1.05. The van der Waals surface area contributed by atoms with Crippen LogP contribution in [0.3, 0.4) is 0 Å². The quantitative estimate of drug-likeness (QED) is 0.490. The summed E-state index contributed by atoms with van der Waals surface area (Å²) in [6.45, 7) is 1.85. The van der Waals surface area contributed by atoms with Gasteiger partial charge in [0.05, 0.1) is 26.0 Å². The molecule has 2 aliphatic heterocycles. The highest BCUT2D eigenvalue weighted by molar-refractivity contribution is 7.84. The third-order valence-electron chi connectivity index (χ3n) is 6.42. The molecule has 9 heteroatoms. The fraction of sp³-hybridized carbons (Fsp3) is 0.240. The molecule has 34 heavy (non-hydrogen) atoms. The van der Waals surface area contributed by atoms with Crippen molar-refractivity contribution in [3.63, 3.8) is 0 Å². The molecule has 0 radical (unpaired) electrons. The normalized spacial score (nSPS) is 18.6. The molecule has 4 heterocycles. The van der Waals surface area contributed by atoms with Gasteiger partial charge in [0, 0.05) is 51.2 Å². The van der Waals surface area contributed by atoms with Gasteiger partial charge >= 0.3 is 0 Å². The first-order valence-electron chi connectivity index (χ1n) is 11.1. The summed E-state index contributed by atoms with van der Waals surface area (Å²) in [5.41, 5.74) is 3.60. The van der Waals surface area contributed by atoms with Crippen LogP contribution in [0.4, 0.5) is 11.5 Å². The van der Waals surface area contributed by atoms with Crippen molar-refractivity contribution in [3.8, 4) is 11.4 Å². The fourth-order valence-electron chi connectivity index (χ4n) is 4.67. The van der Waals surface area contributed by atoms with E-state index in [4.69, 9.17) is 9.72 Å². The monoisotopic (exact) mass is 473 g/mol. The van der Waals surface area contributed by atoms with Crippen molar-refractivity contribution in [1.82, 2.24) is 15.0 Å². The second-order valence-corrected chi connectivity index (χ2v) is 9.83. The van der Waals surface area contributed by atoms with Gasteiger partial charge < -0.3 is 19.5 Å². The van der Waals surface area contributed by atoms with Crippen LogP contribution in [-0.2, 0) is 26.9 Å². The van der Waals surface area contributed by atoms with Crippen LogP contribution in [0, 0.1) is 0 Å². The molecule has 2 unspecified atom stereocenters. The molecule has 2 aromatic heterocycles. The number of ether oxygens (including phenoxy) is 1. The van der Waals surface area contributed by atoms with Gasteiger partial charge in [-0.15, -0.1) is 0 Å². The van der Waals surface area contributed by atoms with Crippen LogP contribution in [0.25, 0.3) is 22.3 Å². The highest BCUT2D eigenvalue weighted by Crippen LogP contribution is 2.38. The topological polar surface area (TPSA) is 91.4 Å². The van der Waals surface area contributed by atoms with E-state index in [1.807, 2.05) is 59.6 Å². The zero-order valence-corrected chi connectivity index (χ0v) is 19.4. The molecule has 6 rings (SSSR count). The zero-order valence-electron chi connectivity index (χ0n) is 18.6. The Morgan fingerprint density at radius 3 is 2.85 bits per heavy atom. The Hall–Kier alpha value is -3.56. The lowest BCUT2D eigenvalue weighted by Gasteiger charge is -2.44. The maximum atomic E-state index is 13.5. The molecule has 0 bridgehead atoms. The third kappa shape index (κ3) is 3.48. The van der Waals surface area contributed by atoms with Crippen LogP contribution in [0.15, 0.2) is 65.8 Å². The summed E-state index contributed by atoms with van der Waals surface area (Å²) in [6.07, 6.45) is 5.31. The van der Waals surface area contributed by atoms with Crippen LogP contribution in [0.2, 0.25) is 0 Å². The maximum Gasteiger partial charge on any atom is 0.252 e. The second kappa shape index (κ2) is 8.34. The Kier molecular flexibility index (Phi) is 5.15. The van der Waals surface area contributed by atoms with Crippen molar-refractivity contribution in [2.45, 2.75) is 17.5 Å². The Balaban J connectivity index is 1.43. The smallest absolute Gasteiger partial charge is 0.252 e. The number of H-pyrrole nitrogens is 1. The lowest BCUT2D eigenvalue weighted by Crippen LogP contribution is -2.58. The first kappa shape index (κ1) is 21.0. The first-order valence-corrected chi connectivity index (χ1v) is 12.7. The van der Waals surface area contributed by atoms with Crippen LogP contribution in [0.1, 0.15) is 5.56 Å². The van der Waals surface area contributed by atoms with Crippen LogP contribution in [-0.4, -0.2) is 57.1 Å². The molecule has 1 amide bonds. The molecule has 2 aromatic carbocycles. The summed E-state index contributed by atoms with van der Waals surface area (Å²) in [6, 6.07) is 15.1. The van der Waals surface area contributed by atoms with Crippen LogP contribution in [0.5, 0.6) is 0 Å². The van der Waals surface area contributed by atoms with Crippen molar-refractivity contribution in [1.29, 1.82) is 0 Å². The molecule has 4 aromatic rings. The lowest BCUT2D eigenvalue weighted by molar-refractivity contribution is -0.122. The van der Waals surface area contributed by atoms with E-state index in [-0.39, 0.29) is 5.91 Å². The number of nitrogens with zero attached hydrogens (tertiary/aromatic N) is 4. The van der Waals surface area contributed by atoms with Gasteiger partial charge in [0.2, 0.25) is 0 Å². The van der Waals surface area contributed by atoms with Gasteiger partial charge in [-0.05, 0) is 29.8 Å². The maximum absolute atomic E-state index is 13.5. The van der Waals surface area contributed by atoms with Crippen molar-refractivity contribution < 1.29 is 13.7 Å². The molecule has 0 spiro atoms. The number of benzene rings is 2. The van der Waals surface area contributed by atoms with E-state index < -0.39 is 16.8 Å². The number of aromatic amines is 1. The standard InChI is InChI=1S/C25H23N5O3S/c1-34(32)17-7-5-16(6-8-17)14-30-21-13-27-23(19-3-2-4-20-18(19)9-10-26-20)28-24(21)29-11-12-33-15-22(29)25(30)31/h2-10,13,22,26H,11-12,14-15H2,1H3. The molecule has 0 saturated carbocycles. The molecule has 2 aliphatic rings. The summed E-state index contributed by atoms with van der Waals surface area (Å²) in [5, 5.41) is 1.05. The molecular weight excluding hydrogens is 450 g/mol. The molecule has 1 N–H and O–H groups in total. The molecular formula is C25H23N5O3S. The number of carbonyl (C=O) groups is 1. The number of anilines is 2. The van der Waals surface area contributed by atoms with Crippen molar-refractivity contribution in [2.24, 2.45) is 0 Å². The molecule has 172 valence electrons. The molecule has 2 atom stereocenters. The van der Waals surface area contributed by atoms with Gasteiger partial charge in [-0.1, -0.05) is 24.3 Å².